The van der Waals surface area contributed by atoms with Crippen LogP contribution in [0.5, 0.6) is 0 Å². The summed E-state index contributed by atoms with van der Waals surface area (Å²) in [6, 6.07) is 0.0908. The molecule has 2 amide bonds. The number of likely N-dealkylation sites (tertiary alicyclic amines) is 2. The first kappa shape index (κ1) is 16.9. The molecule has 2 aliphatic rings. The quantitative estimate of drug-likeness (QED) is 0.859. The third-order valence-corrected chi connectivity index (χ3v) is 4.88. The van der Waals surface area contributed by atoms with Crippen LogP contribution in [0.25, 0.3) is 0 Å². The van der Waals surface area contributed by atoms with Crippen molar-refractivity contribution in [3.05, 3.63) is 23.5 Å². The highest BCUT2D eigenvalue weighted by Crippen LogP contribution is 2.32. The Balaban J connectivity index is 1.73. The van der Waals surface area contributed by atoms with E-state index in [1.54, 1.807) is 11.1 Å². The van der Waals surface area contributed by atoms with Gasteiger partial charge in [0.05, 0.1) is 11.6 Å². The minimum absolute atomic E-state index is 0.0643. The van der Waals surface area contributed by atoms with Gasteiger partial charge in [0, 0.05) is 32.0 Å². The molecule has 2 fully saturated rings. The van der Waals surface area contributed by atoms with E-state index in [1.165, 1.54) is 0 Å². The summed E-state index contributed by atoms with van der Waals surface area (Å²) in [7, 11) is 0. The first-order valence-corrected chi connectivity index (χ1v) is 8.68. The second-order valence-corrected chi connectivity index (χ2v) is 7.91. The Bertz CT molecular complexity index is 632. The van der Waals surface area contributed by atoms with Gasteiger partial charge in [-0.15, -0.1) is 0 Å². The lowest BCUT2D eigenvalue weighted by molar-refractivity contribution is 0.0276. The third-order valence-electron chi connectivity index (χ3n) is 4.88. The summed E-state index contributed by atoms with van der Waals surface area (Å²) in [5, 5.41) is 0. The number of carbonyl (C=O) groups excluding carboxylic acids is 2. The molecule has 3 rings (SSSR count). The van der Waals surface area contributed by atoms with Crippen molar-refractivity contribution in [1.29, 1.82) is 0 Å². The van der Waals surface area contributed by atoms with Gasteiger partial charge in [-0.2, -0.15) is 0 Å². The largest absolute Gasteiger partial charge is 0.444 e. The molecule has 6 heteroatoms. The fraction of sp³-hybridized carbons (Fsp3) is 0.667. The molecular formula is C18H27N3O3. The lowest BCUT2D eigenvalue weighted by Gasteiger charge is -2.36. The molecule has 2 saturated heterocycles. The molecule has 0 aromatic carbocycles. The van der Waals surface area contributed by atoms with Gasteiger partial charge >= 0.3 is 6.09 Å². The van der Waals surface area contributed by atoms with Gasteiger partial charge in [0.2, 0.25) is 0 Å². The average Bonchev–Trinajstić information content (AvgIpc) is 3.10. The summed E-state index contributed by atoms with van der Waals surface area (Å²) in [5.41, 5.74) is 1.19. The van der Waals surface area contributed by atoms with Crippen molar-refractivity contribution in [2.75, 3.05) is 19.6 Å². The molecule has 1 aromatic rings. The van der Waals surface area contributed by atoms with Crippen molar-refractivity contribution in [2.24, 2.45) is 5.92 Å². The molecule has 0 radical (unpaired) electrons. The van der Waals surface area contributed by atoms with Crippen molar-refractivity contribution in [1.82, 2.24) is 14.8 Å². The number of amides is 2. The molecule has 6 nitrogen and oxygen atoms in total. The maximum atomic E-state index is 12.9. The fourth-order valence-corrected chi connectivity index (χ4v) is 3.73. The number of ether oxygens (including phenoxy) is 1. The van der Waals surface area contributed by atoms with E-state index in [2.05, 4.69) is 4.98 Å². The van der Waals surface area contributed by atoms with Crippen molar-refractivity contribution >= 4 is 12.0 Å². The third kappa shape index (κ3) is 3.28. The lowest BCUT2D eigenvalue weighted by atomic mass is 9.91. The zero-order valence-corrected chi connectivity index (χ0v) is 15.0. The van der Waals surface area contributed by atoms with Crippen LogP contribution < -0.4 is 0 Å². The second-order valence-electron chi connectivity index (χ2n) is 7.91. The van der Waals surface area contributed by atoms with Gasteiger partial charge in [0.1, 0.15) is 5.60 Å². The zero-order valence-electron chi connectivity index (χ0n) is 15.0. The van der Waals surface area contributed by atoms with Crippen LogP contribution in [0.15, 0.2) is 12.4 Å². The number of H-pyrrole nitrogens is 1. The lowest BCUT2D eigenvalue weighted by Crippen LogP contribution is -2.48. The number of carbonyl (C=O) groups is 2. The Labute approximate surface area is 143 Å². The molecule has 2 aliphatic heterocycles. The van der Waals surface area contributed by atoms with E-state index in [-0.39, 0.29) is 18.0 Å². The van der Waals surface area contributed by atoms with Crippen LogP contribution in [0.3, 0.4) is 0 Å². The monoisotopic (exact) mass is 333 g/mol. The summed E-state index contributed by atoms with van der Waals surface area (Å²) >= 11 is 0. The van der Waals surface area contributed by atoms with E-state index < -0.39 is 5.60 Å². The number of nitrogens with zero attached hydrogens (tertiary/aromatic N) is 2. The molecule has 1 aromatic heterocycles. The second kappa shape index (κ2) is 6.15. The molecule has 0 bridgehead atoms. The van der Waals surface area contributed by atoms with Gasteiger partial charge in [-0.3, -0.25) is 4.79 Å². The number of hydrogen-bond acceptors (Lipinski definition) is 3. The van der Waals surface area contributed by atoms with E-state index in [0.717, 1.165) is 30.5 Å². The number of piperidine rings is 1. The zero-order chi connectivity index (χ0) is 17.5. The number of aryl methyl sites for hydroxylation is 1. The van der Waals surface area contributed by atoms with Gasteiger partial charge in [0.25, 0.3) is 5.91 Å². The molecule has 1 N–H and O–H groups in total. The number of nitrogens with one attached hydrogen (secondary N) is 1. The van der Waals surface area contributed by atoms with E-state index in [9.17, 15) is 9.59 Å². The van der Waals surface area contributed by atoms with E-state index in [4.69, 9.17) is 4.74 Å². The van der Waals surface area contributed by atoms with E-state index in [1.807, 2.05) is 38.8 Å². The highest BCUT2D eigenvalue weighted by Gasteiger charge is 2.43. The summed E-state index contributed by atoms with van der Waals surface area (Å²) in [6.07, 6.45) is 5.37. The van der Waals surface area contributed by atoms with Gasteiger partial charge < -0.3 is 19.5 Å². The number of aromatic amines is 1. The highest BCUT2D eigenvalue weighted by atomic mass is 16.6. The van der Waals surface area contributed by atoms with Gasteiger partial charge in [-0.1, -0.05) is 0 Å². The maximum absolute atomic E-state index is 12.9. The average molecular weight is 333 g/mol. The predicted molar refractivity (Wildman–Crippen MR) is 90.9 cm³/mol. The number of aromatic nitrogens is 1. The highest BCUT2D eigenvalue weighted by molar-refractivity contribution is 5.95. The van der Waals surface area contributed by atoms with Crippen LogP contribution in [0, 0.1) is 12.8 Å². The van der Waals surface area contributed by atoms with Gasteiger partial charge in [-0.05, 0) is 52.0 Å². The van der Waals surface area contributed by atoms with Crippen LogP contribution in [0.2, 0.25) is 0 Å². The minimum Gasteiger partial charge on any atom is -0.444 e. The maximum Gasteiger partial charge on any atom is 0.410 e. The van der Waals surface area contributed by atoms with Crippen LogP contribution in [0.4, 0.5) is 4.79 Å². The van der Waals surface area contributed by atoms with Crippen molar-refractivity contribution in [3.63, 3.8) is 0 Å². The first-order chi connectivity index (χ1) is 11.3. The molecule has 0 saturated carbocycles. The Morgan fingerprint density at radius 3 is 2.62 bits per heavy atom. The Morgan fingerprint density at radius 2 is 2.00 bits per heavy atom. The summed E-state index contributed by atoms with van der Waals surface area (Å²) in [5.74, 6) is 0.406. The Morgan fingerprint density at radius 1 is 1.25 bits per heavy atom. The number of hydrogen-bond donors (Lipinski definition) is 1. The molecule has 3 heterocycles. The molecule has 24 heavy (non-hydrogen) atoms. The number of rotatable bonds is 1. The summed E-state index contributed by atoms with van der Waals surface area (Å²) in [6.45, 7) is 9.56. The Hall–Kier alpha value is -1.98. The fourth-order valence-electron chi connectivity index (χ4n) is 3.73. The SMILES string of the molecule is Cc1c[nH]cc1C(=O)N1CCC[C@H]2CN(C(=O)OC(C)(C)C)C[C@H]21. The summed E-state index contributed by atoms with van der Waals surface area (Å²) in [4.78, 5) is 32.0. The molecule has 0 unspecified atom stereocenters. The van der Waals surface area contributed by atoms with Gasteiger partial charge in [0.15, 0.2) is 0 Å². The molecule has 132 valence electrons. The topological polar surface area (TPSA) is 65.6 Å². The molecule has 0 aliphatic carbocycles. The molecular weight excluding hydrogens is 306 g/mol. The Kier molecular flexibility index (Phi) is 4.32. The minimum atomic E-state index is -0.497. The normalized spacial score (nSPS) is 24.0. The van der Waals surface area contributed by atoms with E-state index in [0.29, 0.717) is 19.0 Å². The summed E-state index contributed by atoms with van der Waals surface area (Å²) < 4.78 is 5.49. The first-order valence-electron chi connectivity index (χ1n) is 8.68. The molecule has 2 atom stereocenters. The molecule has 0 spiro atoms. The standard InChI is InChI=1S/C18H27N3O3/c1-12-8-19-9-14(12)16(22)21-7-5-6-13-10-20(11-15(13)21)17(23)24-18(2,3)4/h8-9,13,15,19H,5-7,10-11H2,1-4H3/t13-,15+/m0/s1. The van der Waals surface area contributed by atoms with Crippen LogP contribution in [-0.4, -0.2) is 58.1 Å². The van der Waals surface area contributed by atoms with Crippen molar-refractivity contribution in [3.8, 4) is 0 Å². The van der Waals surface area contributed by atoms with Crippen LogP contribution >= 0.6 is 0 Å². The van der Waals surface area contributed by atoms with Crippen LogP contribution in [0.1, 0.15) is 49.5 Å². The van der Waals surface area contributed by atoms with Gasteiger partial charge in [-0.25, -0.2) is 4.79 Å². The smallest absolute Gasteiger partial charge is 0.410 e. The van der Waals surface area contributed by atoms with Crippen molar-refractivity contribution in [2.45, 2.75) is 52.2 Å². The van der Waals surface area contributed by atoms with Crippen LogP contribution in [-0.2, 0) is 4.74 Å². The van der Waals surface area contributed by atoms with Crippen molar-refractivity contribution < 1.29 is 14.3 Å². The number of fused-ring (bicyclic) bond motifs is 1. The predicted octanol–water partition coefficient (Wildman–Crippen LogP) is 2.79. The van der Waals surface area contributed by atoms with E-state index >= 15 is 0 Å².